The summed E-state index contributed by atoms with van der Waals surface area (Å²) in [5.74, 6) is 0.273. The first-order valence-corrected chi connectivity index (χ1v) is 14.4. The van der Waals surface area contributed by atoms with Gasteiger partial charge >= 0.3 is 0 Å². The standard InChI is InChI=1S/C31H40N4O4/c1-31(2)21-35(20-26(36)19-32-13-11-22-6-3-4-7-24(22)17-32)30(38)27-10-9-23(16-28(27)39-31)29(37)34-15-14-33-12-5-8-25(33)18-34/h3-4,6-7,9-10,16,25-26,36H,5,8,11-15,17-21H2,1-2H3. The predicted octanol–water partition coefficient (Wildman–Crippen LogP) is 2.64. The Morgan fingerprint density at radius 3 is 2.74 bits per heavy atom. The van der Waals surface area contributed by atoms with E-state index in [2.05, 4.69) is 34.1 Å². The molecular formula is C31H40N4O4. The first-order valence-electron chi connectivity index (χ1n) is 14.4. The number of aliphatic hydroxyl groups excluding tert-OH is 1. The van der Waals surface area contributed by atoms with Gasteiger partial charge in [-0.25, -0.2) is 0 Å². The van der Waals surface area contributed by atoms with E-state index < -0.39 is 11.7 Å². The number of benzene rings is 2. The van der Waals surface area contributed by atoms with Gasteiger partial charge in [-0.3, -0.25) is 19.4 Å². The van der Waals surface area contributed by atoms with Gasteiger partial charge in [0.15, 0.2) is 0 Å². The van der Waals surface area contributed by atoms with Crippen LogP contribution in [0.25, 0.3) is 0 Å². The van der Waals surface area contributed by atoms with Crippen molar-refractivity contribution in [3.63, 3.8) is 0 Å². The highest BCUT2D eigenvalue weighted by Gasteiger charge is 2.37. The smallest absolute Gasteiger partial charge is 0.257 e. The summed E-state index contributed by atoms with van der Waals surface area (Å²) in [6.45, 7) is 10.2. The monoisotopic (exact) mass is 532 g/mol. The molecule has 2 atom stereocenters. The van der Waals surface area contributed by atoms with Crippen LogP contribution in [0, 0.1) is 0 Å². The number of ether oxygens (including phenoxy) is 1. The molecule has 0 aliphatic carbocycles. The van der Waals surface area contributed by atoms with Crippen molar-refractivity contribution in [1.29, 1.82) is 0 Å². The van der Waals surface area contributed by atoms with Crippen LogP contribution in [0.15, 0.2) is 42.5 Å². The van der Waals surface area contributed by atoms with Gasteiger partial charge in [-0.1, -0.05) is 24.3 Å². The topological polar surface area (TPSA) is 76.6 Å². The van der Waals surface area contributed by atoms with Crippen molar-refractivity contribution in [3.8, 4) is 5.75 Å². The maximum atomic E-state index is 13.6. The SMILES string of the molecule is CC1(C)CN(CC(O)CN2CCc3ccccc3C2)C(=O)c2ccc(C(=O)N3CCN4CCCC4C3)cc2O1. The maximum Gasteiger partial charge on any atom is 0.257 e. The molecule has 4 aliphatic rings. The second-order valence-corrected chi connectivity index (χ2v) is 12.2. The normalized spacial score (nSPS) is 23.9. The van der Waals surface area contributed by atoms with Crippen LogP contribution in [0.3, 0.4) is 0 Å². The van der Waals surface area contributed by atoms with E-state index >= 15 is 0 Å². The molecule has 1 N–H and O–H groups in total. The number of hydrogen-bond donors (Lipinski definition) is 1. The van der Waals surface area contributed by atoms with Crippen LogP contribution >= 0.6 is 0 Å². The molecule has 4 heterocycles. The van der Waals surface area contributed by atoms with Gasteiger partial charge < -0.3 is 19.6 Å². The number of carbonyl (C=O) groups is 2. The molecule has 208 valence electrons. The van der Waals surface area contributed by atoms with E-state index in [4.69, 9.17) is 4.74 Å². The van der Waals surface area contributed by atoms with Gasteiger partial charge in [0.1, 0.15) is 11.4 Å². The first kappa shape index (κ1) is 26.3. The molecule has 0 bridgehead atoms. The molecular weight excluding hydrogens is 492 g/mol. The summed E-state index contributed by atoms with van der Waals surface area (Å²) in [6.07, 6.45) is 2.64. The summed E-state index contributed by atoms with van der Waals surface area (Å²) < 4.78 is 6.33. The van der Waals surface area contributed by atoms with Gasteiger partial charge in [-0.05, 0) is 69.0 Å². The zero-order valence-electron chi connectivity index (χ0n) is 23.1. The van der Waals surface area contributed by atoms with E-state index in [9.17, 15) is 14.7 Å². The van der Waals surface area contributed by atoms with Crippen molar-refractivity contribution in [2.45, 2.75) is 57.4 Å². The van der Waals surface area contributed by atoms with Crippen LogP contribution in [0.2, 0.25) is 0 Å². The molecule has 8 heteroatoms. The Labute approximate surface area is 231 Å². The molecule has 2 amide bonds. The fraction of sp³-hybridized carbons (Fsp3) is 0.548. The molecule has 4 aliphatic heterocycles. The van der Waals surface area contributed by atoms with Crippen LogP contribution in [-0.4, -0.2) is 107 Å². The molecule has 2 unspecified atom stereocenters. The molecule has 0 radical (unpaired) electrons. The van der Waals surface area contributed by atoms with Crippen LogP contribution in [0.5, 0.6) is 5.75 Å². The Morgan fingerprint density at radius 1 is 1.08 bits per heavy atom. The fourth-order valence-electron chi connectivity index (χ4n) is 6.77. The highest BCUT2D eigenvalue weighted by molar-refractivity contribution is 6.00. The summed E-state index contributed by atoms with van der Waals surface area (Å²) in [5.41, 5.74) is 3.02. The number of rotatable bonds is 5. The van der Waals surface area contributed by atoms with Gasteiger partial charge in [0, 0.05) is 57.4 Å². The summed E-state index contributed by atoms with van der Waals surface area (Å²) in [7, 11) is 0. The molecule has 0 aromatic heterocycles. The molecule has 2 fully saturated rings. The summed E-state index contributed by atoms with van der Waals surface area (Å²) >= 11 is 0. The third-order valence-electron chi connectivity index (χ3n) is 8.69. The summed E-state index contributed by atoms with van der Waals surface area (Å²) in [6, 6.07) is 14.1. The van der Waals surface area contributed by atoms with Crippen molar-refractivity contribution in [3.05, 3.63) is 64.7 Å². The predicted molar refractivity (Wildman–Crippen MR) is 149 cm³/mol. The Morgan fingerprint density at radius 2 is 1.90 bits per heavy atom. The van der Waals surface area contributed by atoms with E-state index in [-0.39, 0.29) is 18.4 Å². The highest BCUT2D eigenvalue weighted by Crippen LogP contribution is 2.32. The number of hydrogen-bond acceptors (Lipinski definition) is 6. The van der Waals surface area contributed by atoms with Gasteiger partial charge in [0.2, 0.25) is 0 Å². The average molecular weight is 533 g/mol. The van der Waals surface area contributed by atoms with E-state index in [1.165, 1.54) is 17.5 Å². The quantitative estimate of drug-likeness (QED) is 0.638. The minimum atomic E-state index is -0.674. The average Bonchev–Trinajstić information content (AvgIpc) is 3.36. The number of amides is 2. The third-order valence-corrected chi connectivity index (χ3v) is 8.69. The molecule has 2 aromatic rings. The molecule has 0 spiro atoms. The van der Waals surface area contributed by atoms with E-state index in [1.807, 2.05) is 18.7 Å². The minimum Gasteiger partial charge on any atom is -0.485 e. The fourth-order valence-corrected chi connectivity index (χ4v) is 6.77. The number of carbonyl (C=O) groups excluding carboxylic acids is 2. The van der Waals surface area contributed by atoms with Crippen LogP contribution < -0.4 is 4.74 Å². The Kier molecular flexibility index (Phi) is 7.12. The molecule has 8 nitrogen and oxygen atoms in total. The van der Waals surface area contributed by atoms with E-state index in [1.54, 1.807) is 23.1 Å². The largest absolute Gasteiger partial charge is 0.485 e. The first-order chi connectivity index (χ1) is 18.8. The second-order valence-electron chi connectivity index (χ2n) is 12.2. The number of fused-ring (bicyclic) bond motifs is 3. The van der Waals surface area contributed by atoms with Gasteiger partial charge in [-0.15, -0.1) is 0 Å². The Bertz CT molecular complexity index is 1250. The summed E-state index contributed by atoms with van der Waals surface area (Å²) in [4.78, 5) is 35.4. The minimum absolute atomic E-state index is 0.00200. The lowest BCUT2D eigenvalue weighted by Crippen LogP contribution is -2.52. The van der Waals surface area contributed by atoms with Crippen molar-refractivity contribution in [2.24, 2.45) is 0 Å². The molecule has 39 heavy (non-hydrogen) atoms. The molecule has 0 saturated carbocycles. The van der Waals surface area contributed by atoms with Gasteiger partial charge in [0.05, 0.1) is 18.2 Å². The number of nitrogens with zero attached hydrogens (tertiary/aromatic N) is 4. The lowest BCUT2D eigenvalue weighted by molar-refractivity contribution is 0.0287. The molecule has 2 saturated heterocycles. The van der Waals surface area contributed by atoms with Gasteiger partial charge in [0.25, 0.3) is 11.8 Å². The van der Waals surface area contributed by atoms with Crippen LogP contribution in [0.4, 0.5) is 0 Å². The zero-order valence-corrected chi connectivity index (χ0v) is 23.1. The number of piperazine rings is 1. The highest BCUT2D eigenvalue weighted by atomic mass is 16.5. The van der Waals surface area contributed by atoms with Gasteiger partial charge in [-0.2, -0.15) is 0 Å². The van der Waals surface area contributed by atoms with E-state index in [0.29, 0.717) is 36.0 Å². The Balaban J connectivity index is 1.14. The lowest BCUT2D eigenvalue weighted by Gasteiger charge is -2.37. The van der Waals surface area contributed by atoms with Crippen molar-refractivity contribution < 1.29 is 19.4 Å². The van der Waals surface area contributed by atoms with Crippen molar-refractivity contribution >= 4 is 11.8 Å². The van der Waals surface area contributed by atoms with Crippen molar-refractivity contribution in [2.75, 3.05) is 52.4 Å². The summed E-state index contributed by atoms with van der Waals surface area (Å²) in [5, 5.41) is 11.0. The second kappa shape index (κ2) is 10.6. The lowest BCUT2D eigenvalue weighted by atomic mass is 9.99. The number of β-amino-alcohol motifs (C(OH)–C–C–N with tert-alkyl or cyclic N) is 1. The van der Waals surface area contributed by atoms with E-state index in [0.717, 1.165) is 52.1 Å². The zero-order chi connectivity index (χ0) is 27.1. The molecule has 6 rings (SSSR count). The van der Waals surface area contributed by atoms with Crippen molar-refractivity contribution in [1.82, 2.24) is 19.6 Å². The third kappa shape index (κ3) is 5.55. The maximum absolute atomic E-state index is 13.6. The van der Waals surface area contributed by atoms with Crippen LogP contribution in [-0.2, 0) is 13.0 Å². The number of aliphatic hydroxyl groups is 1. The Hall–Kier alpha value is -2.94. The van der Waals surface area contributed by atoms with Crippen LogP contribution in [0.1, 0.15) is 58.5 Å². The molecule has 2 aromatic carbocycles.